The highest BCUT2D eigenvalue weighted by Crippen LogP contribution is 2.29. The van der Waals surface area contributed by atoms with Crippen molar-refractivity contribution in [2.45, 2.75) is 46.1 Å². The average Bonchev–Trinajstić information content (AvgIpc) is 2.34. The van der Waals surface area contributed by atoms with E-state index in [1.165, 1.54) is 11.1 Å². The molecule has 0 amide bonds. The molecule has 3 heteroatoms. The van der Waals surface area contributed by atoms with E-state index in [9.17, 15) is 9.90 Å². The van der Waals surface area contributed by atoms with Crippen LogP contribution in [0.1, 0.15) is 37.8 Å². The number of benzene rings is 1. The largest absolute Gasteiger partial charge is 0.393 e. The maximum Gasteiger partial charge on any atom is 0.143 e. The second-order valence-corrected chi connectivity index (χ2v) is 6.44. The van der Waals surface area contributed by atoms with Crippen molar-refractivity contribution in [1.82, 2.24) is 0 Å². The zero-order valence-corrected chi connectivity index (χ0v) is 13.5. The smallest absolute Gasteiger partial charge is 0.143 e. The van der Waals surface area contributed by atoms with Gasteiger partial charge in [0.1, 0.15) is 5.78 Å². The fourth-order valence-electron chi connectivity index (χ4n) is 2.22. The summed E-state index contributed by atoms with van der Waals surface area (Å²) in [5.41, 5.74) is 2.24. The number of hydrogen-bond acceptors (Lipinski definition) is 2. The highest BCUT2D eigenvalue weighted by Gasteiger charge is 2.28. The summed E-state index contributed by atoms with van der Waals surface area (Å²) in [5, 5.41) is 10.7. The Kier molecular flexibility index (Phi) is 6.21. The third-order valence-electron chi connectivity index (χ3n) is 3.49. The molecule has 0 bridgehead atoms. The summed E-state index contributed by atoms with van der Waals surface area (Å²) in [4.78, 5) is 11.3. The van der Waals surface area contributed by atoms with Crippen LogP contribution < -0.4 is 0 Å². The quantitative estimate of drug-likeness (QED) is 0.776. The van der Waals surface area contributed by atoms with Crippen molar-refractivity contribution in [2.24, 2.45) is 5.41 Å². The molecule has 19 heavy (non-hydrogen) atoms. The van der Waals surface area contributed by atoms with E-state index in [2.05, 4.69) is 54.9 Å². The Morgan fingerprint density at radius 3 is 2.68 bits per heavy atom. The summed E-state index contributed by atoms with van der Waals surface area (Å²) in [5.74, 6) is 0.144. The lowest BCUT2D eigenvalue weighted by molar-refractivity contribution is -0.117. The van der Waals surface area contributed by atoms with Crippen LogP contribution in [0.25, 0.3) is 0 Å². The van der Waals surface area contributed by atoms with Crippen LogP contribution >= 0.6 is 15.9 Å². The molecule has 1 N–H and O–H groups in total. The summed E-state index contributed by atoms with van der Waals surface area (Å²) < 4.78 is 0. The highest BCUT2D eigenvalue weighted by molar-refractivity contribution is 9.09. The fourth-order valence-corrected chi connectivity index (χ4v) is 2.50. The maximum atomic E-state index is 11.3. The standard InChI is InChI=1S/C16H23BrO2/c1-12-5-4-6-13(9-12)10-16(2,3)15(19)8-7-14(18)11-17/h4-6,9,15,19H,7-8,10-11H2,1-3H3. The van der Waals surface area contributed by atoms with E-state index in [4.69, 9.17) is 0 Å². The van der Waals surface area contributed by atoms with E-state index in [-0.39, 0.29) is 11.2 Å². The first-order valence-electron chi connectivity index (χ1n) is 6.66. The van der Waals surface area contributed by atoms with Gasteiger partial charge in [0.25, 0.3) is 0 Å². The number of hydrogen-bond donors (Lipinski definition) is 1. The molecular formula is C16H23BrO2. The van der Waals surface area contributed by atoms with Gasteiger partial charge in [0, 0.05) is 6.42 Å². The lowest BCUT2D eigenvalue weighted by Gasteiger charge is -2.30. The molecule has 1 rings (SSSR count). The Morgan fingerprint density at radius 2 is 2.11 bits per heavy atom. The van der Waals surface area contributed by atoms with Gasteiger partial charge in [-0.15, -0.1) is 0 Å². The number of Topliss-reactive ketones (excluding diaryl/α,β-unsaturated/α-hetero) is 1. The molecule has 106 valence electrons. The van der Waals surface area contributed by atoms with Gasteiger partial charge in [-0.3, -0.25) is 4.79 Å². The van der Waals surface area contributed by atoms with Crippen LogP contribution in [0.2, 0.25) is 0 Å². The van der Waals surface area contributed by atoms with Gasteiger partial charge < -0.3 is 5.11 Å². The number of aryl methyl sites for hydroxylation is 1. The molecule has 0 aromatic heterocycles. The number of aliphatic hydroxyl groups excluding tert-OH is 1. The molecule has 0 aliphatic heterocycles. The van der Waals surface area contributed by atoms with Crippen LogP contribution in [0.3, 0.4) is 0 Å². The zero-order chi connectivity index (χ0) is 14.5. The van der Waals surface area contributed by atoms with E-state index < -0.39 is 6.10 Å². The van der Waals surface area contributed by atoms with Crippen LogP contribution in [0, 0.1) is 12.3 Å². The minimum atomic E-state index is -0.462. The topological polar surface area (TPSA) is 37.3 Å². The van der Waals surface area contributed by atoms with Crippen LogP contribution in [-0.4, -0.2) is 22.3 Å². The fraction of sp³-hybridized carbons (Fsp3) is 0.562. The van der Waals surface area contributed by atoms with E-state index in [1.807, 2.05) is 6.07 Å². The lowest BCUT2D eigenvalue weighted by Crippen LogP contribution is -2.32. The number of aliphatic hydroxyl groups is 1. The Bertz CT molecular complexity index is 427. The van der Waals surface area contributed by atoms with E-state index in [1.54, 1.807) is 0 Å². The third kappa shape index (κ3) is 5.45. The van der Waals surface area contributed by atoms with Crippen molar-refractivity contribution in [3.8, 4) is 0 Å². The van der Waals surface area contributed by atoms with Gasteiger partial charge >= 0.3 is 0 Å². The van der Waals surface area contributed by atoms with Crippen molar-refractivity contribution in [3.63, 3.8) is 0 Å². The summed E-state index contributed by atoms with van der Waals surface area (Å²) in [6.07, 6.45) is 1.32. The molecule has 1 aromatic carbocycles. The molecule has 0 saturated heterocycles. The molecular weight excluding hydrogens is 304 g/mol. The first kappa shape index (κ1) is 16.4. The van der Waals surface area contributed by atoms with Crippen LogP contribution in [0.5, 0.6) is 0 Å². The monoisotopic (exact) mass is 326 g/mol. The number of rotatable bonds is 7. The van der Waals surface area contributed by atoms with Crippen LogP contribution in [-0.2, 0) is 11.2 Å². The second kappa shape index (κ2) is 7.20. The van der Waals surface area contributed by atoms with Gasteiger partial charge in [0.2, 0.25) is 0 Å². The number of halogens is 1. The van der Waals surface area contributed by atoms with Gasteiger partial charge in [-0.05, 0) is 30.7 Å². The molecule has 0 fully saturated rings. The van der Waals surface area contributed by atoms with Gasteiger partial charge in [0.15, 0.2) is 0 Å². The summed E-state index contributed by atoms with van der Waals surface area (Å²) >= 11 is 3.15. The van der Waals surface area contributed by atoms with Crippen molar-refractivity contribution in [1.29, 1.82) is 0 Å². The molecule has 2 nitrogen and oxygen atoms in total. The Balaban J connectivity index is 2.61. The van der Waals surface area contributed by atoms with Crippen molar-refractivity contribution in [2.75, 3.05) is 5.33 Å². The van der Waals surface area contributed by atoms with Crippen LogP contribution in [0.15, 0.2) is 24.3 Å². The minimum absolute atomic E-state index is 0.144. The Hall–Kier alpha value is -0.670. The van der Waals surface area contributed by atoms with E-state index >= 15 is 0 Å². The first-order chi connectivity index (χ1) is 8.85. The highest BCUT2D eigenvalue weighted by atomic mass is 79.9. The molecule has 0 heterocycles. The predicted octanol–water partition coefficient (Wildman–Crippen LogP) is 3.67. The molecule has 0 aliphatic rings. The predicted molar refractivity (Wildman–Crippen MR) is 82.7 cm³/mol. The van der Waals surface area contributed by atoms with E-state index in [0.29, 0.717) is 18.2 Å². The maximum absolute atomic E-state index is 11.3. The normalized spacial score (nSPS) is 13.3. The lowest BCUT2D eigenvalue weighted by atomic mass is 9.78. The van der Waals surface area contributed by atoms with Crippen molar-refractivity contribution >= 4 is 21.7 Å². The molecule has 0 saturated carbocycles. The summed E-state index contributed by atoms with van der Waals surface area (Å²) in [7, 11) is 0. The summed E-state index contributed by atoms with van der Waals surface area (Å²) in [6, 6.07) is 8.35. The molecule has 0 radical (unpaired) electrons. The van der Waals surface area contributed by atoms with Gasteiger partial charge in [-0.25, -0.2) is 0 Å². The number of ketones is 1. The van der Waals surface area contributed by atoms with Crippen molar-refractivity contribution in [3.05, 3.63) is 35.4 Å². The summed E-state index contributed by atoms with van der Waals surface area (Å²) in [6.45, 7) is 6.18. The minimum Gasteiger partial charge on any atom is -0.393 e. The van der Waals surface area contributed by atoms with Crippen LogP contribution in [0.4, 0.5) is 0 Å². The molecule has 0 aliphatic carbocycles. The Labute approximate surface area is 124 Å². The van der Waals surface area contributed by atoms with Gasteiger partial charge in [0.05, 0.1) is 11.4 Å². The van der Waals surface area contributed by atoms with Crippen molar-refractivity contribution < 1.29 is 9.90 Å². The van der Waals surface area contributed by atoms with E-state index in [0.717, 1.165) is 6.42 Å². The molecule has 1 atom stereocenters. The number of carbonyl (C=O) groups is 1. The average molecular weight is 327 g/mol. The SMILES string of the molecule is Cc1cccc(CC(C)(C)C(O)CCC(=O)CBr)c1. The van der Waals surface area contributed by atoms with Gasteiger partial charge in [-0.1, -0.05) is 59.6 Å². The molecule has 1 unspecified atom stereocenters. The molecule has 0 spiro atoms. The first-order valence-corrected chi connectivity index (χ1v) is 7.78. The van der Waals surface area contributed by atoms with Gasteiger partial charge in [-0.2, -0.15) is 0 Å². The second-order valence-electron chi connectivity index (χ2n) is 5.88. The molecule has 1 aromatic rings. The number of alkyl halides is 1. The Morgan fingerprint density at radius 1 is 1.42 bits per heavy atom. The third-order valence-corrected chi connectivity index (χ3v) is 4.12. The zero-order valence-electron chi connectivity index (χ0n) is 11.9. The number of carbonyl (C=O) groups excluding carboxylic acids is 1.